The van der Waals surface area contributed by atoms with E-state index in [9.17, 15) is 14.4 Å². The Morgan fingerprint density at radius 3 is 2.53 bits per heavy atom. The highest BCUT2D eigenvalue weighted by atomic mass is 35.5. The molecule has 0 spiro atoms. The van der Waals surface area contributed by atoms with E-state index in [-0.39, 0.29) is 17.9 Å². The van der Waals surface area contributed by atoms with E-state index in [1.807, 2.05) is 0 Å². The number of urea groups is 1. The fraction of sp³-hybridized carbons (Fsp3) is 0.0800. The van der Waals surface area contributed by atoms with Gasteiger partial charge in [-0.05, 0) is 65.7 Å². The molecule has 1 heterocycles. The average molecular weight is 479 g/mol. The lowest BCUT2D eigenvalue weighted by Gasteiger charge is -2.12. The van der Waals surface area contributed by atoms with Gasteiger partial charge in [-0.1, -0.05) is 29.8 Å². The van der Waals surface area contributed by atoms with Crippen LogP contribution >= 0.6 is 11.6 Å². The lowest BCUT2D eigenvalue weighted by atomic mass is 10.1. The predicted molar refractivity (Wildman–Crippen MR) is 126 cm³/mol. The van der Waals surface area contributed by atoms with Crippen LogP contribution in [-0.2, 0) is 11.4 Å². The maximum Gasteiger partial charge on any atom is 0.335 e. The molecule has 0 radical (unpaired) electrons. The molecule has 1 saturated heterocycles. The fourth-order valence-corrected chi connectivity index (χ4v) is 3.50. The van der Waals surface area contributed by atoms with Crippen molar-refractivity contribution in [1.29, 1.82) is 0 Å². The molecule has 0 aliphatic carbocycles. The first-order valence-electron chi connectivity index (χ1n) is 10.1. The first kappa shape index (κ1) is 22.9. The van der Waals surface area contributed by atoms with Gasteiger partial charge in [-0.15, -0.1) is 0 Å². The van der Waals surface area contributed by atoms with E-state index >= 15 is 0 Å². The third-order valence-corrected chi connectivity index (χ3v) is 5.28. The molecule has 4 rings (SSSR count). The first-order chi connectivity index (χ1) is 16.4. The summed E-state index contributed by atoms with van der Waals surface area (Å²) in [6, 6.07) is 17.3. The Kier molecular flexibility index (Phi) is 6.51. The third kappa shape index (κ3) is 4.87. The first-order valence-corrected chi connectivity index (χ1v) is 10.5. The maximum absolute atomic E-state index is 12.8. The summed E-state index contributed by atoms with van der Waals surface area (Å²) in [5.74, 6) is -0.657. The molecule has 0 bridgehead atoms. The van der Waals surface area contributed by atoms with Gasteiger partial charge in [0.1, 0.15) is 12.3 Å². The number of imide groups is 1. The zero-order valence-corrected chi connectivity index (χ0v) is 18.7. The number of nitrogens with zero attached hydrogens (tertiary/aromatic N) is 1. The summed E-state index contributed by atoms with van der Waals surface area (Å²) < 4.78 is 11.2. The Balaban J connectivity index is 1.51. The number of rotatable bonds is 7. The molecule has 1 fully saturated rings. The van der Waals surface area contributed by atoms with Gasteiger partial charge in [0.05, 0.1) is 18.4 Å². The Morgan fingerprint density at radius 1 is 1.06 bits per heavy atom. The van der Waals surface area contributed by atoms with Crippen molar-refractivity contribution in [1.82, 2.24) is 5.32 Å². The number of carboxylic acid groups (broad SMARTS) is 1. The van der Waals surface area contributed by atoms with Crippen LogP contribution < -0.4 is 19.7 Å². The van der Waals surface area contributed by atoms with Crippen molar-refractivity contribution in [2.45, 2.75) is 6.61 Å². The molecular weight excluding hydrogens is 460 g/mol. The fourth-order valence-electron chi connectivity index (χ4n) is 3.37. The summed E-state index contributed by atoms with van der Waals surface area (Å²) in [6.07, 6.45) is 1.54. The summed E-state index contributed by atoms with van der Waals surface area (Å²) >= 11 is 5.88. The third-order valence-electron chi connectivity index (χ3n) is 5.03. The normalized spacial score (nSPS) is 14.3. The summed E-state index contributed by atoms with van der Waals surface area (Å²) in [5, 5.41) is 12.2. The van der Waals surface area contributed by atoms with Crippen LogP contribution in [0.15, 0.2) is 72.4 Å². The van der Waals surface area contributed by atoms with Gasteiger partial charge in [-0.25, -0.2) is 14.5 Å². The van der Waals surface area contributed by atoms with Crippen molar-refractivity contribution in [3.63, 3.8) is 0 Å². The number of methoxy groups -OCH3 is 1. The number of carboxylic acids is 1. The zero-order valence-electron chi connectivity index (χ0n) is 17.9. The number of carbonyl (C=O) groups excluding carboxylic acids is 2. The molecule has 8 nitrogen and oxygen atoms in total. The van der Waals surface area contributed by atoms with Crippen LogP contribution in [0.25, 0.3) is 6.08 Å². The standard InChI is InChI=1S/C25H19ClN2O6/c1-33-22-13-15(5-10-21(22)34-14-16-3-2-4-17(11-16)24(30)31)12-20-23(29)28(25(32)27-20)19-8-6-18(26)7-9-19/h2-13H,14H2,1H3,(H,27,32)(H,30,31)/b20-12+. The van der Waals surface area contributed by atoms with Gasteiger partial charge in [0.15, 0.2) is 11.5 Å². The van der Waals surface area contributed by atoms with E-state index < -0.39 is 17.9 Å². The molecule has 9 heteroatoms. The van der Waals surface area contributed by atoms with E-state index in [4.69, 9.17) is 26.2 Å². The largest absolute Gasteiger partial charge is 0.493 e. The van der Waals surface area contributed by atoms with Crippen molar-refractivity contribution >= 4 is 41.3 Å². The summed E-state index contributed by atoms with van der Waals surface area (Å²) in [6.45, 7) is 0.141. The van der Waals surface area contributed by atoms with E-state index in [1.54, 1.807) is 60.7 Å². The highest BCUT2D eigenvalue weighted by Crippen LogP contribution is 2.31. The van der Waals surface area contributed by atoms with Gasteiger partial charge in [-0.2, -0.15) is 0 Å². The molecule has 1 aliphatic heterocycles. The summed E-state index contributed by atoms with van der Waals surface area (Å²) in [5.41, 5.74) is 1.99. The van der Waals surface area contributed by atoms with Crippen molar-refractivity contribution in [2.24, 2.45) is 0 Å². The Morgan fingerprint density at radius 2 is 1.82 bits per heavy atom. The van der Waals surface area contributed by atoms with Gasteiger partial charge in [-0.3, -0.25) is 4.79 Å². The monoisotopic (exact) mass is 478 g/mol. The Hall–Kier alpha value is -4.30. The van der Waals surface area contributed by atoms with E-state index in [0.29, 0.717) is 33.3 Å². The van der Waals surface area contributed by atoms with Crippen molar-refractivity contribution in [3.8, 4) is 11.5 Å². The lowest BCUT2D eigenvalue weighted by Crippen LogP contribution is -2.30. The SMILES string of the molecule is COc1cc(/C=C2/NC(=O)N(c3ccc(Cl)cc3)C2=O)ccc1OCc1cccc(C(=O)O)c1. The number of ether oxygens (including phenoxy) is 2. The summed E-state index contributed by atoms with van der Waals surface area (Å²) in [4.78, 5) is 37.3. The number of anilines is 1. The molecule has 3 aromatic rings. The second-order valence-corrected chi connectivity index (χ2v) is 7.75. The zero-order chi connectivity index (χ0) is 24.2. The molecule has 1 aliphatic rings. The van der Waals surface area contributed by atoms with Gasteiger partial charge in [0, 0.05) is 5.02 Å². The van der Waals surface area contributed by atoms with Crippen LogP contribution in [0.3, 0.4) is 0 Å². The van der Waals surface area contributed by atoms with Gasteiger partial charge in [0.2, 0.25) is 0 Å². The molecule has 34 heavy (non-hydrogen) atoms. The second-order valence-electron chi connectivity index (χ2n) is 7.31. The minimum Gasteiger partial charge on any atom is -0.493 e. The highest BCUT2D eigenvalue weighted by molar-refractivity contribution is 6.31. The highest BCUT2D eigenvalue weighted by Gasteiger charge is 2.34. The van der Waals surface area contributed by atoms with Gasteiger partial charge < -0.3 is 19.9 Å². The molecule has 3 amide bonds. The topological polar surface area (TPSA) is 105 Å². The molecule has 0 saturated carbocycles. The molecule has 3 aromatic carbocycles. The minimum atomic E-state index is -1.01. The molecule has 0 unspecified atom stereocenters. The predicted octanol–water partition coefficient (Wildman–Crippen LogP) is 4.72. The summed E-state index contributed by atoms with van der Waals surface area (Å²) in [7, 11) is 1.48. The molecule has 0 atom stereocenters. The second kappa shape index (κ2) is 9.68. The number of amides is 3. The molecule has 0 aromatic heterocycles. The Bertz CT molecular complexity index is 1300. The quantitative estimate of drug-likeness (QED) is 0.376. The van der Waals surface area contributed by atoms with Crippen LogP contribution in [0.5, 0.6) is 11.5 Å². The molecule has 172 valence electrons. The Labute approximate surface area is 200 Å². The maximum atomic E-state index is 12.8. The smallest absolute Gasteiger partial charge is 0.335 e. The van der Waals surface area contributed by atoms with Gasteiger partial charge >= 0.3 is 12.0 Å². The van der Waals surface area contributed by atoms with E-state index in [1.165, 1.54) is 19.2 Å². The number of hydrogen-bond donors (Lipinski definition) is 2. The van der Waals surface area contributed by atoms with Crippen molar-refractivity contribution in [2.75, 3.05) is 12.0 Å². The van der Waals surface area contributed by atoms with Crippen LogP contribution in [0, 0.1) is 0 Å². The average Bonchev–Trinajstić information content (AvgIpc) is 3.11. The van der Waals surface area contributed by atoms with Crippen molar-refractivity contribution in [3.05, 3.63) is 94.1 Å². The number of halogens is 1. The van der Waals surface area contributed by atoms with E-state index in [0.717, 1.165) is 4.90 Å². The van der Waals surface area contributed by atoms with Crippen molar-refractivity contribution < 1.29 is 29.0 Å². The molecular formula is C25H19ClN2O6. The lowest BCUT2D eigenvalue weighted by molar-refractivity contribution is -0.113. The van der Waals surface area contributed by atoms with Gasteiger partial charge in [0.25, 0.3) is 5.91 Å². The number of hydrogen-bond acceptors (Lipinski definition) is 5. The van der Waals surface area contributed by atoms with Crippen LogP contribution in [0.1, 0.15) is 21.5 Å². The van der Waals surface area contributed by atoms with Crippen LogP contribution in [-0.4, -0.2) is 30.1 Å². The minimum absolute atomic E-state index is 0.112. The number of aromatic carboxylic acids is 1. The number of benzene rings is 3. The number of carbonyl (C=O) groups is 3. The molecule has 2 N–H and O–H groups in total. The van der Waals surface area contributed by atoms with Crippen LogP contribution in [0.4, 0.5) is 10.5 Å². The van der Waals surface area contributed by atoms with E-state index in [2.05, 4.69) is 5.32 Å². The number of nitrogens with one attached hydrogen (secondary N) is 1. The van der Waals surface area contributed by atoms with Crippen LogP contribution in [0.2, 0.25) is 5.02 Å².